The molecule has 0 aliphatic rings. The van der Waals surface area contributed by atoms with Gasteiger partial charge in [0.2, 0.25) is 11.1 Å². The third-order valence-electron chi connectivity index (χ3n) is 1.98. The molecule has 0 spiro atoms. The molecule has 0 aliphatic carbocycles. The minimum Gasteiger partial charge on any atom is -0.368 e. The molecule has 0 unspecified atom stereocenters. The van der Waals surface area contributed by atoms with Gasteiger partial charge >= 0.3 is 0 Å². The average molecular weight is 273 g/mol. The Morgan fingerprint density at radius 3 is 2.79 bits per heavy atom. The Labute approximate surface area is 111 Å². The summed E-state index contributed by atoms with van der Waals surface area (Å²) in [4.78, 5) is 24.1. The molecule has 0 bridgehead atoms. The molecule has 0 saturated carbocycles. The summed E-state index contributed by atoms with van der Waals surface area (Å²) in [5, 5.41) is 5.02. The number of aromatic nitrogens is 8. The second kappa shape index (κ2) is 4.94. The number of hydrogen-bond donors (Lipinski definition) is 1. The van der Waals surface area contributed by atoms with E-state index in [0.29, 0.717) is 16.1 Å². The molecule has 10 heteroatoms. The molecule has 19 heavy (non-hydrogen) atoms. The monoisotopic (exact) mass is 273 g/mol. The molecule has 0 aromatic carbocycles. The van der Waals surface area contributed by atoms with Crippen molar-refractivity contribution in [3.8, 4) is 5.95 Å². The maximum Gasteiger partial charge on any atom is 0.257 e. The summed E-state index contributed by atoms with van der Waals surface area (Å²) in [7, 11) is 0. The van der Waals surface area contributed by atoms with Crippen LogP contribution in [0, 0.1) is 0 Å². The van der Waals surface area contributed by atoms with Gasteiger partial charge in [-0.2, -0.15) is 24.7 Å². The van der Waals surface area contributed by atoms with Crippen LogP contribution in [0.1, 0.15) is 0 Å². The molecular weight excluding hydrogens is 266 g/mol. The fourth-order valence-electron chi connectivity index (χ4n) is 1.25. The fourth-order valence-corrected chi connectivity index (χ4v) is 1.93. The summed E-state index contributed by atoms with van der Waals surface area (Å²) in [5.74, 6) is 0.406. The number of rotatable bonds is 3. The van der Waals surface area contributed by atoms with Gasteiger partial charge in [-0.25, -0.2) is 9.97 Å². The summed E-state index contributed by atoms with van der Waals surface area (Å²) in [5.41, 5.74) is 5.65. The number of anilines is 1. The zero-order chi connectivity index (χ0) is 13.1. The third-order valence-corrected chi connectivity index (χ3v) is 2.76. The van der Waals surface area contributed by atoms with Crippen LogP contribution in [0.2, 0.25) is 0 Å². The van der Waals surface area contributed by atoms with Crippen molar-refractivity contribution < 1.29 is 0 Å². The quantitative estimate of drug-likeness (QED) is 0.701. The number of nitrogen functional groups attached to an aromatic ring is 1. The van der Waals surface area contributed by atoms with E-state index in [-0.39, 0.29) is 5.95 Å². The average Bonchev–Trinajstić information content (AvgIpc) is 2.93. The standard InChI is InChI=1S/C9H7N9S/c10-7-15-8(18-5-12-4-14-18)17-9(16-7)19-6-3-11-1-2-13-6/h1-5H,(H2,10,15,16,17). The predicted molar refractivity (Wildman–Crippen MR) is 65.3 cm³/mol. The minimum atomic E-state index is 0.104. The van der Waals surface area contributed by atoms with E-state index < -0.39 is 0 Å². The van der Waals surface area contributed by atoms with Crippen molar-refractivity contribution >= 4 is 17.7 Å². The Hall–Kier alpha value is -2.62. The van der Waals surface area contributed by atoms with Crippen LogP contribution in [-0.2, 0) is 0 Å². The van der Waals surface area contributed by atoms with Gasteiger partial charge in [0.15, 0.2) is 0 Å². The first-order chi connectivity index (χ1) is 9.31. The first kappa shape index (κ1) is 11.5. The molecule has 0 saturated heterocycles. The van der Waals surface area contributed by atoms with Crippen molar-refractivity contribution in [2.45, 2.75) is 10.2 Å². The van der Waals surface area contributed by atoms with Gasteiger partial charge in [0.25, 0.3) is 5.95 Å². The second-order valence-corrected chi connectivity index (χ2v) is 4.25. The van der Waals surface area contributed by atoms with Crippen molar-refractivity contribution in [1.29, 1.82) is 0 Å². The van der Waals surface area contributed by atoms with Gasteiger partial charge in [-0.15, -0.1) is 0 Å². The van der Waals surface area contributed by atoms with E-state index >= 15 is 0 Å². The zero-order valence-corrected chi connectivity index (χ0v) is 10.3. The summed E-state index contributed by atoms with van der Waals surface area (Å²) in [6, 6.07) is 0. The van der Waals surface area contributed by atoms with E-state index in [1.165, 1.54) is 29.1 Å². The lowest BCUT2D eigenvalue weighted by atomic mass is 10.8. The van der Waals surface area contributed by atoms with Crippen LogP contribution >= 0.6 is 11.8 Å². The first-order valence-corrected chi connectivity index (χ1v) is 5.93. The largest absolute Gasteiger partial charge is 0.368 e. The highest BCUT2D eigenvalue weighted by molar-refractivity contribution is 7.99. The highest BCUT2D eigenvalue weighted by atomic mass is 32.2. The second-order valence-electron chi connectivity index (χ2n) is 3.26. The lowest BCUT2D eigenvalue weighted by Crippen LogP contribution is -2.07. The highest BCUT2D eigenvalue weighted by Crippen LogP contribution is 2.22. The zero-order valence-electron chi connectivity index (χ0n) is 9.45. The molecule has 2 N–H and O–H groups in total. The normalized spacial score (nSPS) is 10.5. The summed E-state index contributed by atoms with van der Waals surface area (Å²) in [6.45, 7) is 0. The van der Waals surface area contributed by atoms with Gasteiger partial charge < -0.3 is 5.73 Å². The summed E-state index contributed by atoms with van der Waals surface area (Å²) in [6.07, 6.45) is 7.65. The van der Waals surface area contributed by atoms with Crippen LogP contribution in [0.3, 0.4) is 0 Å². The van der Waals surface area contributed by atoms with Gasteiger partial charge in [0, 0.05) is 12.4 Å². The molecule has 94 valence electrons. The molecule has 0 aliphatic heterocycles. The molecular formula is C9H7N9S. The van der Waals surface area contributed by atoms with E-state index in [1.54, 1.807) is 18.6 Å². The molecule has 3 aromatic heterocycles. The minimum absolute atomic E-state index is 0.104. The maximum absolute atomic E-state index is 5.65. The Morgan fingerprint density at radius 2 is 2.05 bits per heavy atom. The first-order valence-electron chi connectivity index (χ1n) is 5.12. The molecule has 0 atom stereocenters. The van der Waals surface area contributed by atoms with Gasteiger partial charge in [0.05, 0.1) is 6.20 Å². The van der Waals surface area contributed by atoms with Gasteiger partial charge in [-0.1, -0.05) is 0 Å². The highest BCUT2D eigenvalue weighted by Gasteiger charge is 2.09. The Bertz CT molecular complexity index is 669. The molecule has 3 aromatic rings. The molecule has 0 radical (unpaired) electrons. The Morgan fingerprint density at radius 1 is 1.11 bits per heavy atom. The lowest BCUT2D eigenvalue weighted by molar-refractivity contribution is 0.762. The lowest BCUT2D eigenvalue weighted by Gasteiger charge is -2.03. The van der Waals surface area contributed by atoms with Crippen LogP contribution in [0.4, 0.5) is 5.95 Å². The molecule has 0 fully saturated rings. The SMILES string of the molecule is Nc1nc(Sc2cnccn2)nc(-n2cncn2)n1. The maximum atomic E-state index is 5.65. The van der Waals surface area contributed by atoms with Crippen LogP contribution in [0.5, 0.6) is 0 Å². The van der Waals surface area contributed by atoms with Crippen molar-refractivity contribution in [1.82, 2.24) is 39.7 Å². The molecule has 3 rings (SSSR count). The third kappa shape index (κ3) is 2.63. The molecule has 3 heterocycles. The molecule has 9 nitrogen and oxygen atoms in total. The van der Waals surface area contributed by atoms with E-state index in [1.807, 2.05) is 0 Å². The van der Waals surface area contributed by atoms with Crippen molar-refractivity contribution in [2.24, 2.45) is 0 Å². The Balaban J connectivity index is 1.94. The van der Waals surface area contributed by atoms with Crippen LogP contribution in [0.15, 0.2) is 41.4 Å². The van der Waals surface area contributed by atoms with Gasteiger partial charge in [0.1, 0.15) is 17.7 Å². The fraction of sp³-hybridized carbons (Fsp3) is 0. The molecule has 0 amide bonds. The number of nitrogens with zero attached hydrogens (tertiary/aromatic N) is 8. The topological polar surface area (TPSA) is 121 Å². The number of hydrogen-bond acceptors (Lipinski definition) is 9. The van der Waals surface area contributed by atoms with Crippen LogP contribution in [0.25, 0.3) is 5.95 Å². The Kier molecular flexibility index (Phi) is 2.98. The van der Waals surface area contributed by atoms with Gasteiger partial charge in [-0.05, 0) is 11.8 Å². The van der Waals surface area contributed by atoms with E-state index in [4.69, 9.17) is 5.73 Å². The van der Waals surface area contributed by atoms with Crippen molar-refractivity contribution in [3.63, 3.8) is 0 Å². The van der Waals surface area contributed by atoms with E-state index in [9.17, 15) is 0 Å². The van der Waals surface area contributed by atoms with E-state index in [2.05, 4.69) is 35.0 Å². The van der Waals surface area contributed by atoms with Crippen molar-refractivity contribution in [3.05, 3.63) is 31.2 Å². The van der Waals surface area contributed by atoms with Crippen molar-refractivity contribution in [2.75, 3.05) is 5.73 Å². The number of nitrogens with two attached hydrogens (primary N) is 1. The predicted octanol–water partition coefficient (Wildman–Crippen LogP) is -0.0243. The summed E-state index contributed by atoms with van der Waals surface area (Å²) >= 11 is 1.24. The van der Waals surface area contributed by atoms with Gasteiger partial charge in [-0.3, -0.25) is 4.98 Å². The van der Waals surface area contributed by atoms with Crippen LogP contribution < -0.4 is 5.73 Å². The van der Waals surface area contributed by atoms with Crippen LogP contribution in [-0.4, -0.2) is 39.7 Å². The van der Waals surface area contributed by atoms with E-state index in [0.717, 1.165) is 0 Å². The summed E-state index contributed by atoms with van der Waals surface area (Å²) < 4.78 is 1.40. The smallest absolute Gasteiger partial charge is 0.257 e.